The van der Waals surface area contributed by atoms with E-state index in [1.807, 2.05) is 0 Å². The van der Waals surface area contributed by atoms with E-state index < -0.39 is 0 Å². The van der Waals surface area contributed by atoms with Crippen molar-refractivity contribution >= 4 is 11.3 Å². The fraction of sp³-hybridized carbons (Fsp3) is 0.750. The van der Waals surface area contributed by atoms with Gasteiger partial charge in [0.25, 0.3) is 0 Å². The van der Waals surface area contributed by atoms with Gasteiger partial charge in [-0.3, -0.25) is 0 Å². The Bertz CT molecular complexity index is 375. The van der Waals surface area contributed by atoms with Gasteiger partial charge in [0.05, 0.1) is 5.60 Å². The predicted octanol–water partition coefficient (Wildman–Crippen LogP) is 3.99. The molecule has 108 valence electrons. The van der Waals surface area contributed by atoms with Crippen LogP contribution in [0, 0.1) is 5.41 Å². The molecule has 1 aliphatic carbocycles. The summed E-state index contributed by atoms with van der Waals surface area (Å²) in [6, 6.07) is 4.39. The fourth-order valence-corrected chi connectivity index (χ4v) is 3.86. The smallest absolute Gasteiger partial charge is 0.0836 e. The Hall–Kier alpha value is -0.380. The first-order valence-electron chi connectivity index (χ1n) is 7.39. The van der Waals surface area contributed by atoms with E-state index in [0.717, 1.165) is 25.9 Å². The topological polar surface area (TPSA) is 35.2 Å². The molecule has 2 N–H and O–H groups in total. The maximum atomic E-state index is 6.53. The molecule has 0 radical (unpaired) electrons. The number of rotatable bonds is 5. The third kappa shape index (κ3) is 3.59. The van der Waals surface area contributed by atoms with Gasteiger partial charge < -0.3 is 10.5 Å². The van der Waals surface area contributed by atoms with Crippen molar-refractivity contribution in [2.75, 3.05) is 6.61 Å². The first-order valence-corrected chi connectivity index (χ1v) is 8.27. The highest BCUT2D eigenvalue weighted by Gasteiger charge is 2.43. The van der Waals surface area contributed by atoms with Crippen molar-refractivity contribution < 1.29 is 4.74 Å². The Balaban J connectivity index is 2.06. The van der Waals surface area contributed by atoms with Crippen LogP contribution < -0.4 is 5.73 Å². The Morgan fingerprint density at radius 3 is 2.53 bits per heavy atom. The van der Waals surface area contributed by atoms with Gasteiger partial charge in [-0.05, 0) is 55.9 Å². The van der Waals surface area contributed by atoms with Crippen molar-refractivity contribution in [1.29, 1.82) is 0 Å². The molecule has 1 unspecified atom stereocenters. The minimum Gasteiger partial charge on any atom is -0.374 e. The maximum absolute atomic E-state index is 6.53. The van der Waals surface area contributed by atoms with Gasteiger partial charge >= 0.3 is 0 Å². The summed E-state index contributed by atoms with van der Waals surface area (Å²) in [7, 11) is 0. The van der Waals surface area contributed by atoms with Crippen LogP contribution in [0.1, 0.15) is 51.3 Å². The lowest BCUT2D eigenvalue weighted by Gasteiger charge is -2.46. The molecule has 1 fully saturated rings. The zero-order chi connectivity index (χ0) is 13.9. The number of hydrogen-bond acceptors (Lipinski definition) is 3. The number of hydrogen-bond donors (Lipinski definition) is 1. The van der Waals surface area contributed by atoms with Crippen molar-refractivity contribution in [3.05, 3.63) is 22.4 Å². The molecule has 19 heavy (non-hydrogen) atoms. The molecule has 2 nitrogen and oxygen atoms in total. The summed E-state index contributed by atoms with van der Waals surface area (Å²) in [5, 5.41) is 2.12. The van der Waals surface area contributed by atoms with Crippen LogP contribution in [0.5, 0.6) is 0 Å². The Morgan fingerprint density at radius 2 is 2.00 bits per heavy atom. The maximum Gasteiger partial charge on any atom is 0.0836 e. The molecular weight excluding hydrogens is 254 g/mol. The molecule has 0 aromatic carbocycles. The van der Waals surface area contributed by atoms with Crippen molar-refractivity contribution in [3.63, 3.8) is 0 Å². The van der Waals surface area contributed by atoms with Gasteiger partial charge in [-0.25, -0.2) is 0 Å². The van der Waals surface area contributed by atoms with Crippen LogP contribution in [0.2, 0.25) is 0 Å². The number of nitrogens with two attached hydrogens (primary N) is 1. The van der Waals surface area contributed by atoms with Crippen LogP contribution in [0.15, 0.2) is 17.5 Å². The summed E-state index contributed by atoms with van der Waals surface area (Å²) in [4.78, 5) is 1.37. The highest BCUT2D eigenvalue weighted by Crippen LogP contribution is 2.43. The van der Waals surface area contributed by atoms with Gasteiger partial charge in [-0.2, -0.15) is 0 Å². The van der Waals surface area contributed by atoms with Crippen molar-refractivity contribution in [1.82, 2.24) is 0 Å². The third-order valence-electron chi connectivity index (χ3n) is 4.56. The Labute approximate surface area is 121 Å². The largest absolute Gasteiger partial charge is 0.374 e. The van der Waals surface area contributed by atoms with E-state index in [1.165, 1.54) is 17.7 Å². The van der Waals surface area contributed by atoms with Crippen LogP contribution in [-0.2, 0) is 11.2 Å². The molecule has 1 saturated carbocycles. The first-order chi connectivity index (χ1) is 8.97. The van der Waals surface area contributed by atoms with Gasteiger partial charge in [0, 0.05) is 17.5 Å². The van der Waals surface area contributed by atoms with Crippen LogP contribution in [0.4, 0.5) is 0 Å². The number of ether oxygens (including phenoxy) is 1. The van der Waals surface area contributed by atoms with Gasteiger partial charge in [0.15, 0.2) is 0 Å². The minimum absolute atomic E-state index is 0.103. The average Bonchev–Trinajstić information content (AvgIpc) is 2.85. The SMILES string of the molecule is CCOC1(C(N)Cc2cccs2)CCC(C)(C)CC1. The predicted molar refractivity (Wildman–Crippen MR) is 82.6 cm³/mol. The monoisotopic (exact) mass is 281 g/mol. The lowest BCUT2D eigenvalue weighted by Crippen LogP contribution is -2.54. The van der Waals surface area contributed by atoms with E-state index in [9.17, 15) is 0 Å². The van der Waals surface area contributed by atoms with E-state index in [1.54, 1.807) is 11.3 Å². The van der Waals surface area contributed by atoms with Gasteiger partial charge in [-0.1, -0.05) is 19.9 Å². The summed E-state index contributed by atoms with van der Waals surface area (Å²) < 4.78 is 6.15. The van der Waals surface area contributed by atoms with Crippen molar-refractivity contribution in [2.24, 2.45) is 11.1 Å². The average molecular weight is 281 g/mol. The van der Waals surface area contributed by atoms with E-state index in [-0.39, 0.29) is 11.6 Å². The molecule has 1 aromatic heterocycles. The molecule has 1 aliphatic rings. The lowest BCUT2D eigenvalue weighted by atomic mass is 9.68. The Kier molecular flexibility index (Phi) is 4.70. The zero-order valence-electron chi connectivity index (χ0n) is 12.4. The quantitative estimate of drug-likeness (QED) is 0.885. The minimum atomic E-state index is -0.103. The molecule has 1 heterocycles. The molecule has 0 saturated heterocycles. The zero-order valence-corrected chi connectivity index (χ0v) is 13.3. The van der Waals surface area contributed by atoms with E-state index >= 15 is 0 Å². The third-order valence-corrected chi connectivity index (χ3v) is 5.46. The normalized spacial score (nSPS) is 23.2. The molecule has 3 heteroatoms. The Morgan fingerprint density at radius 1 is 1.32 bits per heavy atom. The van der Waals surface area contributed by atoms with Crippen LogP contribution in [0.3, 0.4) is 0 Å². The molecule has 0 amide bonds. The van der Waals surface area contributed by atoms with E-state index in [0.29, 0.717) is 5.41 Å². The highest BCUT2D eigenvalue weighted by molar-refractivity contribution is 7.09. The second kappa shape index (κ2) is 5.94. The summed E-state index contributed by atoms with van der Waals surface area (Å²) in [5.74, 6) is 0. The van der Waals surface area contributed by atoms with Crippen LogP contribution in [0.25, 0.3) is 0 Å². The molecule has 1 aromatic rings. The second-order valence-electron chi connectivity index (χ2n) is 6.55. The van der Waals surface area contributed by atoms with Crippen molar-refractivity contribution in [2.45, 2.75) is 64.5 Å². The summed E-state index contributed by atoms with van der Waals surface area (Å²) in [6.07, 6.45) is 5.56. The van der Waals surface area contributed by atoms with Gasteiger partial charge in [-0.15, -0.1) is 11.3 Å². The highest BCUT2D eigenvalue weighted by atomic mass is 32.1. The van der Waals surface area contributed by atoms with Gasteiger partial charge in [0.1, 0.15) is 0 Å². The lowest BCUT2D eigenvalue weighted by molar-refractivity contribution is -0.0986. The number of thiophene rings is 1. The summed E-state index contributed by atoms with van der Waals surface area (Å²) in [5.41, 5.74) is 6.88. The standard InChI is InChI=1S/C16H27NOS/c1-4-18-16(9-7-15(2,3)8-10-16)14(17)12-13-6-5-11-19-13/h5-6,11,14H,4,7-10,12,17H2,1-3H3. The van der Waals surface area contributed by atoms with E-state index in [2.05, 4.69) is 38.3 Å². The molecule has 0 spiro atoms. The van der Waals surface area contributed by atoms with Gasteiger partial charge in [0.2, 0.25) is 0 Å². The first kappa shape index (κ1) is 15.0. The molecule has 1 atom stereocenters. The van der Waals surface area contributed by atoms with Crippen LogP contribution >= 0.6 is 11.3 Å². The molecule has 2 rings (SSSR count). The fourth-order valence-electron chi connectivity index (χ4n) is 3.09. The molecule has 0 bridgehead atoms. The summed E-state index contributed by atoms with van der Waals surface area (Å²) in [6.45, 7) is 7.55. The molecular formula is C16H27NOS. The van der Waals surface area contributed by atoms with Crippen molar-refractivity contribution in [3.8, 4) is 0 Å². The summed E-state index contributed by atoms with van der Waals surface area (Å²) >= 11 is 1.80. The second-order valence-corrected chi connectivity index (χ2v) is 7.58. The van der Waals surface area contributed by atoms with Crippen LogP contribution in [-0.4, -0.2) is 18.2 Å². The van der Waals surface area contributed by atoms with E-state index in [4.69, 9.17) is 10.5 Å². The molecule has 0 aliphatic heterocycles.